The van der Waals surface area contributed by atoms with Crippen LogP contribution in [0.3, 0.4) is 0 Å². The lowest BCUT2D eigenvalue weighted by Crippen LogP contribution is -2.50. The standard InChI is InChI=1S/C16H30N2O/c19-8-7-14-9-15(12-18(11-14)16-5-6-16)17-10-13-3-1-2-4-13/h13-17,19H,1-12H2. The number of aliphatic hydroxyl groups is 1. The van der Waals surface area contributed by atoms with E-state index in [-0.39, 0.29) is 0 Å². The highest BCUT2D eigenvalue weighted by molar-refractivity contribution is 4.92. The molecule has 1 aliphatic heterocycles. The monoisotopic (exact) mass is 266 g/mol. The molecular formula is C16H30N2O. The molecular weight excluding hydrogens is 236 g/mol. The number of nitrogens with zero attached hydrogens (tertiary/aromatic N) is 1. The summed E-state index contributed by atoms with van der Waals surface area (Å²) in [4.78, 5) is 2.69. The molecule has 2 N–H and O–H groups in total. The van der Waals surface area contributed by atoms with Gasteiger partial charge in [-0.05, 0) is 56.9 Å². The van der Waals surface area contributed by atoms with E-state index in [9.17, 15) is 5.11 Å². The van der Waals surface area contributed by atoms with Crippen molar-refractivity contribution in [3.63, 3.8) is 0 Å². The van der Waals surface area contributed by atoms with Crippen molar-refractivity contribution in [2.75, 3.05) is 26.2 Å². The van der Waals surface area contributed by atoms with Crippen LogP contribution < -0.4 is 5.32 Å². The molecule has 0 radical (unpaired) electrons. The summed E-state index contributed by atoms with van der Waals surface area (Å²) in [6, 6.07) is 1.55. The van der Waals surface area contributed by atoms with Gasteiger partial charge in [0.25, 0.3) is 0 Å². The molecule has 3 rings (SSSR count). The molecule has 0 amide bonds. The van der Waals surface area contributed by atoms with E-state index in [1.165, 1.54) is 64.6 Å². The van der Waals surface area contributed by atoms with Crippen molar-refractivity contribution in [2.45, 2.75) is 63.5 Å². The number of aliphatic hydroxyl groups excluding tert-OH is 1. The van der Waals surface area contributed by atoms with E-state index in [2.05, 4.69) is 10.2 Å². The predicted molar refractivity (Wildman–Crippen MR) is 78.2 cm³/mol. The lowest BCUT2D eigenvalue weighted by atomic mass is 9.91. The van der Waals surface area contributed by atoms with E-state index in [1.54, 1.807) is 0 Å². The molecule has 0 bridgehead atoms. The number of nitrogens with one attached hydrogen (secondary N) is 1. The first-order valence-corrected chi connectivity index (χ1v) is 8.43. The summed E-state index contributed by atoms with van der Waals surface area (Å²) < 4.78 is 0. The van der Waals surface area contributed by atoms with E-state index < -0.39 is 0 Å². The van der Waals surface area contributed by atoms with Crippen LogP contribution in [-0.4, -0.2) is 48.3 Å². The van der Waals surface area contributed by atoms with Crippen molar-refractivity contribution >= 4 is 0 Å². The largest absolute Gasteiger partial charge is 0.396 e. The highest BCUT2D eigenvalue weighted by Crippen LogP contribution is 2.32. The van der Waals surface area contributed by atoms with Crippen molar-refractivity contribution in [1.29, 1.82) is 0 Å². The summed E-state index contributed by atoms with van der Waals surface area (Å²) >= 11 is 0. The van der Waals surface area contributed by atoms with Gasteiger partial charge >= 0.3 is 0 Å². The Bertz CT molecular complexity index is 274. The van der Waals surface area contributed by atoms with Crippen LogP contribution in [0.2, 0.25) is 0 Å². The van der Waals surface area contributed by atoms with Gasteiger partial charge in [0.05, 0.1) is 0 Å². The Morgan fingerprint density at radius 3 is 2.47 bits per heavy atom. The second-order valence-corrected chi connectivity index (χ2v) is 7.05. The van der Waals surface area contributed by atoms with Gasteiger partial charge in [-0.1, -0.05) is 12.8 Å². The van der Waals surface area contributed by atoms with Gasteiger partial charge in [-0.3, -0.25) is 4.90 Å². The first-order chi connectivity index (χ1) is 9.35. The van der Waals surface area contributed by atoms with Crippen LogP contribution in [0.4, 0.5) is 0 Å². The Balaban J connectivity index is 1.47. The van der Waals surface area contributed by atoms with Crippen LogP contribution in [-0.2, 0) is 0 Å². The third-order valence-electron chi connectivity index (χ3n) is 5.34. The lowest BCUT2D eigenvalue weighted by molar-refractivity contribution is 0.113. The summed E-state index contributed by atoms with van der Waals surface area (Å²) in [5, 5.41) is 13.1. The highest BCUT2D eigenvalue weighted by Gasteiger charge is 2.35. The average Bonchev–Trinajstić information content (AvgIpc) is 3.14. The first kappa shape index (κ1) is 13.8. The zero-order chi connectivity index (χ0) is 13.1. The molecule has 2 unspecified atom stereocenters. The lowest BCUT2D eigenvalue weighted by Gasteiger charge is -2.38. The Hall–Kier alpha value is -0.120. The molecule has 3 nitrogen and oxygen atoms in total. The van der Waals surface area contributed by atoms with E-state index in [0.717, 1.165) is 18.4 Å². The molecule has 0 spiro atoms. The number of hydrogen-bond donors (Lipinski definition) is 2. The highest BCUT2D eigenvalue weighted by atomic mass is 16.3. The van der Waals surface area contributed by atoms with Gasteiger partial charge in [0.2, 0.25) is 0 Å². The fourth-order valence-corrected chi connectivity index (χ4v) is 4.07. The van der Waals surface area contributed by atoms with Crippen molar-refractivity contribution in [2.24, 2.45) is 11.8 Å². The number of piperidine rings is 1. The first-order valence-electron chi connectivity index (χ1n) is 8.43. The van der Waals surface area contributed by atoms with Crippen LogP contribution in [0.1, 0.15) is 51.4 Å². The minimum absolute atomic E-state index is 0.360. The van der Waals surface area contributed by atoms with Gasteiger partial charge in [-0.15, -0.1) is 0 Å². The van der Waals surface area contributed by atoms with Crippen molar-refractivity contribution in [1.82, 2.24) is 10.2 Å². The van der Waals surface area contributed by atoms with Crippen LogP contribution >= 0.6 is 0 Å². The smallest absolute Gasteiger partial charge is 0.0434 e. The number of likely N-dealkylation sites (tertiary alicyclic amines) is 1. The van der Waals surface area contributed by atoms with Gasteiger partial charge in [0.15, 0.2) is 0 Å². The molecule has 2 saturated carbocycles. The molecule has 1 heterocycles. The molecule has 0 aromatic carbocycles. The third-order valence-corrected chi connectivity index (χ3v) is 5.34. The van der Waals surface area contributed by atoms with Crippen LogP contribution in [0, 0.1) is 11.8 Å². The molecule has 0 aromatic rings. The fraction of sp³-hybridized carbons (Fsp3) is 1.00. The predicted octanol–water partition coefficient (Wildman–Crippen LogP) is 2.00. The quantitative estimate of drug-likeness (QED) is 0.772. The zero-order valence-electron chi connectivity index (χ0n) is 12.2. The van der Waals surface area contributed by atoms with Gasteiger partial charge < -0.3 is 10.4 Å². The molecule has 2 atom stereocenters. The Labute approximate surface area is 117 Å². The normalized spacial score (nSPS) is 33.9. The van der Waals surface area contributed by atoms with Crippen LogP contribution in [0.5, 0.6) is 0 Å². The molecule has 2 aliphatic carbocycles. The van der Waals surface area contributed by atoms with E-state index >= 15 is 0 Å². The average molecular weight is 266 g/mol. The summed E-state index contributed by atoms with van der Waals surface area (Å²) in [7, 11) is 0. The molecule has 1 saturated heterocycles. The van der Waals surface area contributed by atoms with Crippen molar-refractivity contribution in [3.05, 3.63) is 0 Å². The second kappa shape index (κ2) is 6.55. The van der Waals surface area contributed by atoms with Crippen LogP contribution in [0.25, 0.3) is 0 Å². The molecule has 0 aromatic heterocycles. The topological polar surface area (TPSA) is 35.5 Å². The van der Waals surface area contributed by atoms with Gasteiger partial charge in [-0.25, -0.2) is 0 Å². The van der Waals surface area contributed by atoms with Gasteiger partial charge in [0, 0.05) is 31.8 Å². The fourth-order valence-electron chi connectivity index (χ4n) is 4.07. The van der Waals surface area contributed by atoms with Gasteiger partial charge in [-0.2, -0.15) is 0 Å². The summed E-state index contributed by atoms with van der Waals surface area (Å²) in [6.07, 6.45) is 10.8. The maximum atomic E-state index is 9.21. The van der Waals surface area contributed by atoms with Gasteiger partial charge in [0.1, 0.15) is 0 Å². The summed E-state index contributed by atoms with van der Waals surface area (Å²) in [5.74, 6) is 1.65. The SMILES string of the molecule is OCCC1CC(NCC2CCCC2)CN(C2CC2)C1. The van der Waals surface area contributed by atoms with Crippen molar-refractivity contribution < 1.29 is 5.11 Å². The van der Waals surface area contributed by atoms with E-state index in [1.807, 2.05) is 0 Å². The number of rotatable bonds is 6. The van der Waals surface area contributed by atoms with E-state index in [4.69, 9.17) is 0 Å². The zero-order valence-corrected chi connectivity index (χ0v) is 12.2. The van der Waals surface area contributed by atoms with Crippen LogP contribution in [0.15, 0.2) is 0 Å². The summed E-state index contributed by atoms with van der Waals surface area (Å²) in [6.45, 7) is 4.07. The summed E-state index contributed by atoms with van der Waals surface area (Å²) in [5.41, 5.74) is 0. The van der Waals surface area contributed by atoms with E-state index in [0.29, 0.717) is 18.6 Å². The minimum Gasteiger partial charge on any atom is -0.396 e. The molecule has 3 fully saturated rings. The Morgan fingerprint density at radius 1 is 1.00 bits per heavy atom. The Morgan fingerprint density at radius 2 is 1.79 bits per heavy atom. The van der Waals surface area contributed by atoms with Crippen molar-refractivity contribution in [3.8, 4) is 0 Å². The second-order valence-electron chi connectivity index (χ2n) is 7.05. The maximum absolute atomic E-state index is 9.21. The molecule has 3 heteroatoms. The molecule has 3 aliphatic rings. The molecule has 19 heavy (non-hydrogen) atoms. The minimum atomic E-state index is 0.360. The maximum Gasteiger partial charge on any atom is 0.0434 e. The number of hydrogen-bond acceptors (Lipinski definition) is 3. The Kier molecular flexibility index (Phi) is 4.78. The molecule has 110 valence electrons. The third kappa shape index (κ3) is 3.93.